The van der Waals surface area contributed by atoms with Crippen LogP contribution in [-0.4, -0.2) is 25.8 Å². The lowest BCUT2D eigenvalue weighted by Crippen LogP contribution is -2.02. The number of para-hydroxylation sites is 1. The predicted octanol–water partition coefficient (Wildman–Crippen LogP) is 3.91. The summed E-state index contributed by atoms with van der Waals surface area (Å²) in [6.45, 7) is 0.239. The van der Waals surface area contributed by atoms with Gasteiger partial charge in [0.1, 0.15) is 12.2 Å². The fourth-order valence-corrected chi connectivity index (χ4v) is 2.87. The van der Waals surface area contributed by atoms with Crippen LogP contribution in [0.4, 0.5) is 0 Å². The molecule has 2 aromatic carbocycles. The van der Waals surface area contributed by atoms with Gasteiger partial charge in [0, 0.05) is 24.2 Å². The Morgan fingerprint density at radius 1 is 1.07 bits per heavy atom. The molecule has 0 bridgehead atoms. The van der Waals surface area contributed by atoms with Crippen molar-refractivity contribution in [2.24, 2.45) is 7.05 Å². The highest BCUT2D eigenvalue weighted by Gasteiger charge is 2.15. The smallest absolute Gasteiger partial charge is 0.342 e. The molecule has 4 aromatic rings. The first-order valence-corrected chi connectivity index (χ1v) is 8.45. The van der Waals surface area contributed by atoms with Gasteiger partial charge in [-0.25, -0.2) is 9.78 Å². The number of ether oxygens (including phenoxy) is 1. The van der Waals surface area contributed by atoms with Crippen molar-refractivity contribution >= 4 is 16.9 Å². The summed E-state index contributed by atoms with van der Waals surface area (Å²) >= 11 is 0. The number of aromatic nitrogens is 3. The minimum Gasteiger partial charge on any atom is -0.477 e. The number of carboxylic acid groups (broad SMARTS) is 1. The molecule has 0 fully saturated rings. The molecular formula is C21H17N3O3. The van der Waals surface area contributed by atoms with Gasteiger partial charge in [-0.05, 0) is 17.7 Å². The molecule has 1 N–H and O–H groups in total. The molecule has 2 aromatic heterocycles. The maximum atomic E-state index is 11.2. The number of aryl methyl sites for hydroxylation is 1. The number of pyridine rings is 1. The molecule has 27 heavy (non-hydrogen) atoms. The van der Waals surface area contributed by atoms with E-state index in [9.17, 15) is 9.90 Å². The molecule has 0 aliphatic rings. The van der Waals surface area contributed by atoms with Crippen LogP contribution in [0.3, 0.4) is 0 Å². The van der Waals surface area contributed by atoms with Crippen LogP contribution in [0, 0.1) is 0 Å². The summed E-state index contributed by atoms with van der Waals surface area (Å²) in [4.78, 5) is 15.9. The van der Waals surface area contributed by atoms with Crippen LogP contribution < -0.4 is 4.74 Å². The summed E-state index contributed by atoms with van der Waals surface area (Å²) in [6, 6.07) is 19.9. The molecular weight excluding hydrogens is 342 g/mol. The van der Waals surface area contributed by atoms with Gasteiger partial charge in [0.25, 0.3) is 0 Å². The Kier molecular flexibility index (Phi) is 4.30. The van der Waals surface area contributed by atoms with Crippen molar-refractivity contribution in [3.8, 4) is 17.1 Å². The summed E-state index contributed by atoms with van der Waals surface area (Å²) < 4.78 is 7.00. The van der Waals surface area contributed by atoms with Crippen molar-refractivity contribution in [3.63, 3.8) is 0 Å². The predicted molar refractivity (Wildman–Crippen MR) is 102 cm³/mol. The zero-order valence-electron chi connectivity index (χ0n) is 14.7. The Balaban J connectivity index is 1.51. The average Bonchev–Trinajstić information content (AvgIpc) is 3.07. The summed E-state index contributed by atoms with van der Waals surface area (Å²) in [5, 5.41) is 14.3. The molecule has 0 unspecified atom stereocenters. The Labute approximate surface area is 155 Å². The number of fused-ring (bicyclic) bond motifs is 1. The monoisotopic (exact) mass is 359 g/mol. The van der Waals surface area contributed by atoms with Gasteiger partial charge in [-0.1, -0.05) is 48.5 Å². The van der Waals surface area contributed by atoms with Gasteiger partial charge in [-0.2, -0.15) is 0 Å². The fourth-order valence-electron chi connectivity index (χ4n) is 2.87. The van der Waals surface area contributed by atoms with E-state index in [4.69, 9.17) is 9.72 Å². The van der Waals surface area contributed by atoms with E-state index in [1.54, 1.807) is 7.05 Å². The normalized spacial score (nSPS) is 10.9. The number of carbonyl (C=O) groups is 1. The summed E-state index contributed by atoms with van der Waals surface area (Å²) in [6.07, 6.45) is 1.42. The average molecular weight is 359 g/mol. The third-order valence-corrected chi connectivity index (χ3v) is 4.25. The number of carboxylic acids is 1. The zero-order chi connectivity index (χ0) is 18.8. The van der Waals surface area contributed by atoms with E-state index in [1.807, 2.05) is 54.6 Å². The van der Waals surface area contributed by atoms with Gasteiger partial charge < -0.3 is 9.84 Å². The number of benzene rings is 2. The first-order valence-electron chi connectivity index (χ1n) is 8.45. The Morgan fingerprint density at radius 2 is 1.85 bits per heavy atom. The van der Waals surface area contributed by atoms with E-state index in [-0.39, 0.29) is 18.1 Å². The van der Waals surface area contributed by atoms with Gasteiger partial charge in [0.15, 0.2) is 0 Å². The largest absolute Gasteiger partial charge is 0.477 e. The molecule has 0 saturated carbocycles. The van der Waals surface area contributed by atoms with Crippen molar-refractivity contribution in [2.45, 2.75) is 6.61 Å². The Hall–Kier alpha value is -3.67. The highest BCUT2D eigenvalue weighted by molar-refractivity contribution is 5.89. The lowest BCUT2D eigenvalue weighted by Gasteiger charge is -2.07. The number of hydrogen-bond acceptors (Lipinski definition) is 4. The first kappa shape index (κ1) is 16.8. The second kappa shape index (κ2) is 6.92. The van der Waals surface area contributed by atoms with Crippen LogP contribution in [0.25, 0.3) is 22.2 Å². The third kappa shape index (κ3) is 3.50. The number of rotatable bonds is 5. The van der Waals surface area contributed by atoms with Crippen LogP contribution in [0.2, 0.25) is 0 Å². The van der Waals surface area contributed by atoms with Gasteiger partial charge >= 0.3 is 5.97 Å². The quantitative estimate of drug-likeness (QED) is 0.584. The maximum absolute atomic E-state index is 11.2. The molecule has 4 rings (SSSR count). The first-order chi connectivity index (χ1) is 13.1. The molecule has 134 valence electrons. The van der Waals surface area contributed by atoms with E-state index in [0.29, 0.717) is 0 Å². The van der Waals surface area contributed by atoms with E-state index in [0.717, 1.165) is 27.7 Å². The lowest BCUT2D eigenvalue weighted by molar-refractivity contribution is 0.0691. The van der Waals surface area contributed by atoms with E-state index in [2.05, 4.69) is 11.2 Å². The third-order valence-electron chi connectivity index (χ3n) is 4.25. The van der Waals surface area contributed by atoms with Crippen molar-refractivity contribution < 1.29 is 14.6 Å². The maximum Gasteiger partial charge on any atom is 0.342 e. The second-order valence-corrected chi connectivity index (χ2v) is 6.20. The van der Waals surface area contributed by atoms with Crippen molar-refractivity contribution in [3.05, 3.63) is 78.0 Å². The van der Waals surface area contributed by atoms with Crippen LogP contribution in [-0.2, 0) is 13.7 Å². The van der Waals surface area contributed by atoms with Crippen LogP contribution in [0.15, 0.2) is 66.9 Å². The molecule has 0 aliphatic carbocycles. The van der Waals surface area contributed by atoms with E-state index < -0.39 is 5.97 Å². The lowest BCUT2D eigenvalue weighted by atomic mass is 10.1. The van der Waals surface area contributed by atoms with Crippen LogP contribution >= 0.6 is 0 Å². The van der Waals surface area contributed by atoms with Crippen LogP contribution in [0.1, 0.15) is 15.9 Å². The minimum absolute atomic E-state index is 0.0504. The number of aromatic carboxylic acids is 1. The fraction of sp³-hybridized carbons (Fsp3) is 0.0952. The summed E-state index contributed by atoms with van der Waals surface area (Å²) in [5.41, 5.74) is 3.84. The number of hydrogen-bond donors (Lipinski definition) is 1. The molecule has 0 spiro atoms. The molecule has 6 nitrogen and oxygen atoms in total. The van der Waals surface area contributed by atoms with E-state index >= 15 is 0 Å². The van der Waals surface area contributed by atoms with Gasteiger partial charge in [-0.15, -0.1) is 5.10 Å². The SMILES string of the molecule is Cn1cc(C(=O)O)c(OCc2ccc(-c3ccc4ccccc4n3)cc2)n1. The molecule has 6 heteroatoms. The Morgan fingerprint density at radius 3 is 2.63 bits per heavy atom. The van der Waals surface area contributed by atoms with Gasteiger partial charge in [0.2, 0.25) is 5.88 Å². The van der Waals surface area contributed by atoms with E-state index in [1.165, 1.54) is 10.9 Å². The molecule has 0 amide bonds. The number of nitrogens with zero attached hydrogens (tertiary/aromatic N) is 3. The molecule has 2 heterocycles. The summed E-state index contributed by atoms with van der Waals surface area (Å²) in [7, 11) is 1.66. The highest BCUT2D eigenvalue weighted by atomic mass is 16.5. The van der Waals surface area contributed by atoms with Gasteiger partial charge in [-0.3, -0.25) is 4.68 Å². The summed E-state index contributed by atoms with van der Waals surface area (Å²) in [5.74, 6) is -0.943. The second-order valence-electron chi connectivity index (χ2n) is 6.20. The van der Waals surface area contributed by atoms with Crippen molar-refractivity contribution in [1.29, 1.82) is 0 Å². The molecule has 0 aliphatic heterocycles. The van der Waals surface area contributed by atoms with Crippen molar-refractivity contribution in [1.82, 2.24) is 14.8 Å². The Bertz CT molecular complexity index is 1120. The highest BCUT2D eigenvalue weighted by Crippen LogP contribution is 2.22. The minimum atomic E-state index is -1.06. The molecule has 0 saturated heterocycles. The zero-order valence-corrected chi connectivity index (χ0v) is 14.7. The molecule has 0 radical (unpaired) electrons. The van der Waals surface area contributed by atoms with Gasteiger partial charge in [0.05, 0.1) is 11.2 Å². The topological polar surface area (TPSA) is 77.2 Å². The van der Waals surface area contributed by atoms with Crippen molar-refractivity contribution in [2.75, 3.05) is 0 Å². The molecule has 0 atom stereocenters. The standard InChI is InChI=1S/C21H17N3O3/c1-24-12-17(21(25)26)20(23-24)27-13-14-6-8-16(9-7-14)19-11-10-15-4-2-3-5-18(15)22-19/h2-12H,13H2,1H3,(H,25,26). The van der Waals surface area contributed by atoms with Crippen LogP contribution in [0.5, 0.6) is 5.88 Å².